The van der Waals surface area contributed by atoms with Crippen LogP contribution in [0.3, 0.4) is 0 Å². The lowest BCUT2D eigenvalue weighted by molar-refractivity contribution is 0.0494. The SMILES string of the molecule is C=CCCOCC[C@H](C)NC(=O)OC(C)(C)C. The van der Waals surface area contributed by atoms with Crippen LogP contribution < -0.4 is 5.32 Å². The molecule has 0 aromatic carbocycles. The lowest BCUT2D eigenvalue weighted by Crippen LogP contribution is -2.38. The molecule has 17 heavy (non-hydrogen) atoms. The smallest absolute Gasteiger partial charge is 0.407 e. The van der Waals surface area contributed by atoms with Crippen LogP contribution in [0, 0.1) is 0 Å². The zero-order valence-corrected chi connectivity index (χ0v) is 11.4. The van der Waals surface area contributed by atoms with Gasteiger partial charge in [0.15, 0.2) is 0 Å². The predicted octanol–water partition coefficient (Wildman–Crippen LogP) is 2.88. The maximum absolute atomic E-state index is 11.4. The molecule has 0 aliphatic carbocycles. The Morgan fingerprint density at radius 3 is 2.59 bits per heavy atom. The Morgan fingerprint density at radius 2 is 2.06 bits per heavy atom. The molecule has 0 aromatic heterocycles. The summed E-state index contributed by atoms with van der Waals surface area (Å²) in [6.45, 7) is 12.4. The van der Waals surface area contributed by atoms with E-state index in [9.17, 15) is 4.79 Å². The van der Waals surface area contributed by atoms with E-state index in [2.05, 4.69) is 11.9 Å². The summed E-state index contributed by atoms with van der Waals surface area (Å²) in [5.41, 5.74) is -0.454. The first kappa shape index (κ1) is 16.0. The molecule has 1 N–H and O–H groups in total. The van der Waals surface area contributed by atoms with Crippen LogP contribution in [0.2, 0.25) is 0 Å². The van der Waals surface area contributed by atoms with Gasteiger partial charge in [0.05, 0.1) is 0 Å². The number of amides is 1. The van der Waals surface area contributed by atoms with Gasteiger partial charge in [-0.3, -0.25) is 0 Å². The van der Waals surface area contributed by atoms with Crippen LogP contribution in [0.15, 0.2) is 12.7 Å². The molecule has 0 aliphatic heterocycles. The van der Waals surface area contributed by atoms with Crippen LogP contribution in [0.1, 0.15) is 40.5 Å². The van der Waals surface area contributed by atoms with E-state index in [4.69, 9.17) is 9.47 Å². The lowest BCUT2D eigenvalue weighted by atomic mass is 10.2. The van der Waals surface area contributed by atoms with Crippen LogP contribution in [0.4, 0.5) is 4.79 Å². The van der Waals surface area contributed by atoms with Crippen molar-refractivity contribution < 1.29 is 14.3 Å². The van der Waals surface area contributed by atoms with Gasteiger partial charge in [0.2, 0.25) is 0 Å². The second-order valence-electron chi connectivity index (χ2n) is 5.03. The number of carbonyl (C=O) groups excluding carboxylic acids is 1. The molecule has 0 aromatic rings. The van der Waals surface area contributed by atoms with Crippen molar-refractivity contribution in [3.8, 4) is 0 Å². The summed E-state index contributed by atoms with van der Waals surface area (Å²) in [5.74, 6) is 0. The molecule has 0 unspecified atom stereocenters. The van der Waals surface area contributed by atoms with Gasteiger partial charge in [-0.25, -0.2) is 4.79 Å². The zero-order chi connectivity index (χ0) is 13.3. The Labute approximate surface area is 104 Å². The van der Waals surface area contributed by atoms with E-state index in [0.717, 1.165) is 12.8 Å². The normalized spacial score (nSPS) is 12.9. The average molecular weight is 243 g/mol. The van der Waals surface area contributed by atoms with Crippen molar-refractivity contribution in [2.45, 2.75) is 52.2 Å². The molecule has 1 amide bonds. The van der Waals surface area contributed by atoms with Gasteiger partial charge in [0.1, 0.15) is 5.60 Å². The summed E-state index contributed by atoms with van der Waals surface area (Å²) in [7, 11) is 0. The Balaban J connectivity index is 3.60. The largest absolute Gasteiger partial charge is 0.444 e. The second-order valence-corrected chi connectivity index (χ2v) is 5.03. The van der Waals surface area contributed by atoms with E-state index < -0.39 is 5.60 Å². The number of hydrogen-bond donors (Lipinski definition) is 1. The fraction of sp³-hybridized carbons (Fsp3) is 0.769. The molecule has 4 heteroatoms. The molecule has 0 radical (unpaired) electrons. The van der Waals surface area contributed by atoms with E-state index in [0.29, 0.717) is 13.2 Å². The van der Waals surface area contributed by atoms with E-state index in [-0.39, 0.29) is 12.1 Å². The summed E-state index contributed by atoms with van der Waals surface area (Å²) < 4.78 is 10.5. The van der Waals surface area contributed by atoms with Crippen molar-refractivity contribution in [1.29, 1.82) is 0 Å². The zero-order valence-electron chi connectivity index (χ0n) is 11.4. The van der Waals surface area contributed by atoms with Gasteiger partial charge < -0.3 is 14.8 Å². The Bertz CT molecular complexity index is 233. The van der Waals surface area contributed by atoms with Gasteiger partial charge in [-0.1, -0.05) is 6.08 Å². The minimum absolute atomic E-state index is 0.0496. The van der Waals surface area contributed by atoms with E-state index >= 15 is 0 Å². The number of ether oxygens (including phenoxy) is 2. The van der Waals surface area contributed by atoms with E-state index in [1.807, 2.05) is 33.8 Å². The van der Waals surface area contributed by atoms with Gasteiger partial charge >= 0.3 is 6.09 Å². The third-order valence-corrected chi connectivity index (χ3v) is 1.92. The molecule has 0 aliphatic rings. The summed E-state index contributed by atoms with van der Waals surface area (Å²) in [5, 5.41) is 2.77. The molecular weight excluding hydrogens is 218 g/mol. The number of rotatable bonds is 7. The molecular formula is C13H25NO3. The summed E-state index contributed by atoms with van der Waals surface area (Å²) in [6.07, 6.45) is 3.07. The molecule has 0 bridgehead atoms. The number of alkyl carbamates (subject to hydrolysis) is 1. The first-order valence-electron chi connectivity index (χ1n) is 6.03. The first-order chi connectivity index (χ1) is 7.85. The second kappa shape index (κ2) is 8.12. The lowest BCUT2D eigenvalue weighted by Gasteiger charge is -2.21. The molecule has 1 atom stereocenters. The summed E-state index contributed by atoms with van der Waals surface area (Å²) in [4.78, 5) is 11.4. The average Bonchev–Trinajstić information content (AvgIpc) is 2.14. The molecule has 100 valence electrons. The van der Waals surface area contributed by atoms with E-state index in [1.165, 1.54) is 0 Å². The Morgan fingerprint density at radius 1 is 1.41 bits per heavy atom. The van der Waals surface area contributed by atoms with Crippen LogP contribution in [-0.2, 0) is 9.47 Å². The van der Waals surface area contributed by atoms with Crippen molar-refractivity contribution in [1.82, 2.24) is 5.32 Å². The third-order valence-electron chi connectivity index (χ3n) is 1.92. The van der Waals surface area contributed by atoms with Crippen molar-refractivity contribution in [2.24, 2.45) is 0 Å². The van der Waals surface area contributed by atoms with Gasteiger partial charge in [-0.15, -0.1) is 6.58 Å². The fourth-order valence-corrected chi connectivity index (χ4v) is 1.11. The van der Waals surface area contributed by atoms with Gasteiger partial charge in [-0.2, -0.15) is 0 Å². The monoisotopic (exact) mass is 243 g/mol. The van der Waals surface area contributed by atoms with Crippen molar-refractivity contribution in [3.05, 3.63) is 12.7 Å². The predicted molar refractivity (Wildman–Crippen MR) is 69.1 cm³/mol. The summed E-state index contributed by atoms with van der Waals surface area (Å²) >= 11 is 0. The topological polar surface area (TPSA) is 47.6 Å². The highest BCUT2D eigenvalue weighted by molar-refractivity contribution is 5.67. The number of nitrogens with one attached hydrogen (secondary N) is 1. The molecule has 0 heterocycles. The van der Waals surface area contributed by atoms with Crippen LogP contribution >= 0.6 is 0 Å². The highest BCUT2D eigenvalue weighted by Gasteiger charge is 2.17. The van der Waals surface area contributed by atoms with Gasteiger partial charge in [0, 0.05) is 19.3 Å². The molecule has 0 fully saturated rings. The number of hydrogen-bond acceptors (Lipinski definition) is 3. The third kappa shape index (κ3) is 11.2. The van der Waals surface area contributed by atoms with Crippen molar-refractivity contribution in [2.75, 3.05) is 13.2 Å². The molecule has 0 rings (SSSR count). The van der Waals surface area contributed by atoms with E-state index in [1.54, 1.807) is 0 Å². The standard InChI is InChI=1S/C13H25NO3/c1-6-7-9-16-10-8-11(2)14-12(15)17-13(3,4)5/h6,11H,1,7-10H2,2-5H3,(H,14,15)/t11-/m0/s1. The Kier molecular flexibility index (Phi) is 7.63. The van der Waals surface area contributed by atoms with Crippen molar-refractivity contribution in [3.63, 3.8) is 0 Å². The van der Waals surface area contributed by atoms with Crippen LogP contribution in [0.25, 0.3) is 0 Å². The molecule has 4 nitrogen and oxygen atoms in total. The van der Waals surface area contributed by atoms with Crippen molar-refractivity contribution >= 4 is 6.09 Å². The van der Waals surface area contributed by atoms with Gasteiger partial charge in [0.25, 0.3) is 0 Å². The first-order valence-corrected chi connectivity index (χ1v) is 6.03. The highest BCUT2D eigenvalue weighted by Crippen LogP contribution is 2.07. The maximum atomic E-state index is 11.4. The molecule has 0 spiro atoms. The Hall–Kier alpha value is -1.03. The highest BCUT2D eigenvalue weighted by atomic mass is 16.6. The molecule has 0 saturated carbocycles. The van der Waals surface area contributed by atoms with Crippen LogP contribution in [-0.4, -0.2) is 30.9 Å². The molecule has 0 saturated heterocycles. The maximum Gasteiger partial charge on any atom is 0.407 e. The number of carbonyl (C=O) groups is 1. The summed E-state index contributed by atoms with van der Waals surface area (Å²) in [6, 6.07) is 0.0496. The quantitative estimate of drug-likeness (QED) is 0.552. The minimum atomic E-state index is -0.454. The van der Waals surface area contributed by atoms with Crippen LogP contribution in [0.5, 0.6) is 0 Å². The minimum Gasteiger partial charge on any atom is -0.444 e. The fourth-order valence-electron chi connectivity index (χ4n) is 1.11. The van der Waals surface area contributed by atoms with Gasteiger partial charge in [-0.05, 0) is 40.5 Å².